The van der Waals surface area contributed by atoms with E-state index in [0.29, 0.717) is 0 Å². The molecular weight excluding hydrogens is 258 g/mol. The van der Waals surface area contributed by atoms with Crippen LogP contribution in [-0.2, 0) is 9.84 Å². The minimum absolute atomic E-state index is 0.00921. The Morgan fingerprint density at radius 3 is 2.26 bits per heavy atom. The van der Waals surface area contributed by atoms with Crippen LogP contribution in [0.1, 0.15) is 37.7 Å². The van der Waals surface area contributed by atoms with Crippen LogP contribution in [0.5, 0.6) is 0 Å². The molecule has 102 valence electrons. The summed E-state index contributed by atoms with van der Waals surface area (Å²) >= 11 is 0. The first-order valence-electron chi connectivity index (χ1n) is 6.76. The molecule has 0 saturated heterocycles. The van der Waals surface area contributed by atoms with Crippen LogP contribution < -0.4 is 0 Å². The Kier molecular flexibility index (Phi) is 4.26. The van der Waals surface area contributed by atoms with Crippen LogP contribution in [0.25, 0.3) is 0 Å². The predicted molar refractivity (Wildman–Crippen MR) is 74.3 cm³/mol. The zero-order valence-corrected chi connectivity index (χ0v) is 12.0. The maximum Gasteiger partial charge on any atom is 0.194 e. The van der Waals surface area contributed by atoms with E-state index >= 15 is 0 Å². The Bertz CT molecular complexity index is 563. The highest BCUT2D eigenvalue weighted by Gasteiger charge is 2.35. The summed E-state index contributed by atoms with van der Waals surface area (Å²) in [6.45, 7) is 1.92. The normalized spacial score (nSPS) is 18.7. The monoisotopic (exact) mass is 277 g/mol. The molecule has 1 aliphatic carbocycles. The molecular formula is C15H19NO2S. The molecule has 1 unspecified atom stereocenters. The largest absolute Gasteiger partial charge is 0.222 e. The summed E-state index contributed by atoms with van der Waals surface area (Å²) in [5.74, 6) is -0.00921. The van der Waals surface area contributed by atoms with Crippen LogP contribution in [0.3, 0.4) is 0 Å². The second-order valence-electron chi connectivity index (χ2n) is 5.31. The average Bonchev–Trinajstić information content (AvgIpc) is 2.41. The summed E-state index contributed by atoms with van der Waals surface area (Å²) < 4.78 is 25.1. The minimum Gasteiger partial charge on any atom is -0.222 e. The molecule has 1 aliphatic rings. The van der Waals surface area contributed by atoms with Crippen molar-refractivity contribution >= 4 is 9.84 Å². The highest BCUT2D eigenvalue weighted by atomic mass is 32.2. The summed E-state index contributed by atoms with van der Waals surface area (Å²) in [6.07, 6.45) is 4.92. The molecule has 0 aromatic heterocycles. The molecule has 0 N–H and O–H groups in total. The second kappa shape index (κ2) is 5.75. The van der Waals surface area contributed by atoms with Gasteiger partial charge in [0.1, 0.15) is 0 Å². The molecule has 0 heterocycles. The van der Waals surface area contributed by atoms with Crippen molar-refractivity contribution in [3.63, 3.8) is 0 Å². The van der Waals surface area contributed by atoms with Gasteiger partial charge < -0.3 is 0 Å². The zero-order chi connectivity index (χ0) is 13.9. The lowest BCUT2D eigenvalue weighted by Crippen LogP contribution is -2.30. The molecule has 3 nitrogen and oxygen atoms in total. The van der Waals surface area contributed by atoms with Gasteiger partial charge in [0, 0.05) is 0 Å². The van der Waals surface area contributed by atoms with Gasteiger partial charge in [-0.3, -0.25) is 0 Å². The van der Waals surface area contributed by atoms with Gasteiger partial charge in [-0.05, 0) is 37.8 Å². The third kappa shape index (κ3) is 2.98. The lowest BCUT2D eigenvalue weighted by atomic mass is 9.87. The third-order valence-corrected chi connectivity index (χ3v) is 5.98. The van der Waals surface area contributed by atoms with E-state index in [4.69, 9.17) is 0 Å². The summed E-state index contributed by atoms with van der Waals surface area (Å²) in [7, 11) is -3.53. The van der Waals surface area contributed by atoms with E-state index < -0.39 is 15.1 Å². The van der Waals surface area contributed by atoms with Gasteiger partial charge in [-0.1, -0.05) is 37.0 Å². The summed E-state index contributed by atoms with van der Waals surface area (Å²) in [6, 6.07) is 8.81. The van der Waals surface area contributed by atoms with E-state index in [0.717, 1.165) is 37.7 Å². The second-order valence-corrected chi connectivity index (χ2v) is 7.38. The number of benzene rings is 1. The van der Waals surface area contributed by atoms with Gasteiger partial charge in [0.25, 0.3) is 0 Å². The van der Waals surface area contributed by atoms with Gasteiger partial charge >= 0.3 is 0 Å². The van der Waals surface area contributed by atoms with E-state index in [9.17, 15) is 13.7 Å². The van der Waals surface area contributed by atoms with Crippen molar-refractivity contribution in [2.75, 3.05) is 0 Å². The molecule has 0 spiro atoms. The first kappa shape index (κ1) is 14.1. The molecule has 4 heteroatoms. The standard InChI is InChI=1S/C15H19NO2S/c1-12-7-9-14(10-8-12)19(17,18)15(11-16)13-5-3-2-4-6-13/h7-10,13,15H,2-6H2,1H3. The fraction of sp³-hybridized carbons (Fsp3) is 0.533. The molecule has 1 fully saturated rings. The number of hydrogen-bond donors (Lipinski definition) is 0. The van der Waals surface area contributed by atoms with Crippen LogP contribution in [0.2, 0.25) is 0 Å². The number of sulfone groups is 1. The maximum atomic E-state index is 12.6. The van der Waals surface area contributed by atoms with Crippen molar-refractivity contribution in [3.05, 3.63) is 29.8 Å². The fourth-order valence-electron chi connectivity index (χ4n) is 2.74. The van der Waals surface area contributed by atoms with Crippen molar-refractivity contribution in [2.45, 2.75) is 49.2 Å². The molecule has 1 saturated carbocycles. The number of aryl methyl sites for hydroxylation is 1. The predicted octanol–water partition coefficient (Wildman–Crippen LogP) is 3.24. The van der Waals surface area contributed by atoms with Gasteiger partial charge in [-0.15, -0.1) is 0 Å². The molecule has 1 aromatic carbocycles. The molecule has 0 amide bonds. The summed E-state index contributed by atoms with van der Waals surface area (Å²) in [5, 5.41) is 8.41. The lowest BCUT2D eigenvalue weighted by molar-refractivity contribution is 0.362. The van der Waals surface area contributed by atoms with Crippen molar-refractivity contribution < 1.29 is 8.42 Å². The third-order valence-electron chi connectivity index (χ3n) is 3.89. The Morgan fingerprint density at radius 1 is 1.16 bits per heavy atom. The zero-order valence-electron chi connectivity index (χ0n) is 11.2. The topological polar surface area (TPSA) is 57.9 Å². The van der Waals surface area contributed by atoms with Crippen molar-refractivity contribution in [1.29, 1.82) is 5.26 Å². The molecule has 0 bridgehead atoms. The average molecular weight is 277 g/mol. The summed E-state index contributed by atoms with van der Waals surface area (Å²) in [4.78, 5) is 0.273. The maximum absolute atomic E-state index is 12.6. The van der Waals surface area contributed by atoms with Crippen LogP contribution in [0.4, 0.5) is 0 Å². The molecule has 1 atom stereocenters. The molecule has 0 radical (unpaired) electrons. The Balaban J connectivity index is 2.30. The Hall–Kier alpha value is -1.34. The number of nitrogens with zero attached hydrogens (tertiary/aromatic N) is 1. The number of rotatable bonds is 3. The quantitative estimate of drug-likeness (QED) is 0.852. The van der Waals surface area contributed by atoms with Gasteiger partial charge in [0.05, 0.1) is 11.0 Å². The lowest BCUT2D eigenvalue weighted by Gasteiger charge is -2.25. The fourth-order valence-corrected chi connectivity index (χ4v) is 4.47. The van der Waals surface area contributed by atoms with Gasteiger partial charge in [-0.25, -0.2) is 8.42 Å². The first-order valence-corrected chi connectivity index (χ1v) is 8.30. The van der Waals surface area contributed by atoms with Crippen LogP contribution in [0, 0.1) is 24.2 Å². The van der Waals surface area contributed by atoms with E-state index in [2.05, 4.69) is 0 Å². The number of hydrogen-bond acceptors (Lipinski definition) is 3. The van der Waals surface area contributed by atoms with Crippen molar-refractivity contribution in [1.82, 2.24) is 0 Å². The Labute approximate surface area is 115 Å². The Morgan fingerprint density at radius 2 is 1.74 bits per heavy atom. The molecule has 1 aromatic rings. The minimum atomic E-state index is -3.53. The number of nitriles is 1. The summed E-state index contributed by atoms with van der Waals surface area (Å²) in [5.41, 5.74) is 1.02. The van der Waals surface area contributed by atoms with E-state index in [1.54, 1.807) is 24.3 Å². The highest BCUT2D eigenvalue weighted by Crippen LogP contribution is 2.32. The van der Waals surface area contributed by atoms with E-state index in [1.165, 1.54) is 0 Å². The van der Waals surface area contributed by atoms with Crippen LogP contribution in [0.15, 0.2) is 29.2 Å². The van der Waals surface area contributed by atoms with E-state index in [1.807, 2.05) is 13.0 Å². The SMILES string of the molecule is Cc1ccc(S(=O)(=O)C(C#N)C2CCCCC2)cc1. The molecule has 19 heavy (non-hydrogen) atoms. The van der Waals surface area contributed by atoms with Crippen LogP contribution >= 0.6 is 0 Å². The molecule has 0 aliphatic heterocycles. The smallest absolute Gasteiger partial charge is 0.194 e. The van der Waals surface area contributed by atoms with E-state index in [-0.39, 0.29) is 10.8 Å². The highest BCUT2D eigenvalue weighted by molar-refractivity contribution is 7.92. The van der Waals surface area contributed by atoms with Crippen LogP contribution in [-0.4, -0.2) is 13.7 Å². The first-order chi connectivity index (χ1) is 9.05. The van der Waals surface area contributed by atoms with Gasteiger partial charge in [0.2, 0.25) is 0 Å². The molecule has 2 rings (SSSR count). The van der Waals surface area contributed by atoms with Gasteiger partial charge in [0.15, 0.2) is 15.1 Å². The van der Waals surface area contributed by atoms with Gasteiger partial charge in [-0.2, -0.15) is 5.26 Å². The van der Waals surface area contributed by atoms with Crippen molar-refractivity contribution in [3.8, 4) is 6.07 Å². The van der Waals surface area contributed by atoms with Crippen molar-refractivity contribution in [2.24, 2.45) is 5.92 Å².